The first-order valence-electron chi connectivity index (χ1n) is 6.02. The molecular formula is C13H20N2O. The van der Waals surface area contributed by atoms with E-state index in [1.165, 1.54) is 5.56 Å². The number of aliphatic hydroxyl groups excluding tert-OH is 1. The van der Waals surface area contributed by atoms with Crippen LogP contribution in [0.5, 0.6) is 0 Å². The second-order valence-corrected chi connectivity index (χ2v) is 4.26. The van der Waals surface area contributed by atoms with Gasteiger partial charge in [0.25, 0.3) is 0 Å². The molecule has 2 N–H and O–H groups in total. The second-order valence-electron chi connectivity index (χ2n) is 4.26. The minimum absolute atomic E-state index is 0.296. The Balaban J connectivity index is 2.16. The van der Waals surface area contributed by atoms with Gasteiger partial charge in [-0.2, -0.15) is 0 Å². The smallest absolute Gasteiger partial charge is 0.107 e. The van der Waals surface area contributed by atoms with E-state index in [0.717, 1.165) is 26.1 Å². The molecule has 0 bridgehead atoms. The molecule has 0 aliphatic carbocycles. The Morgan fingerprint density at radius 3 is 2.88 bits per heavy atom. The van der Waals surface area contributed by atoms with E-state index in [1.807, 2.05) is 13.0 Å². The number of nitrogens with zero attached hydrogens (tertiary/aromatic N) is 1. The molecule has 1 saturated heterocycles. The van der Waals surface area contributed by atoms with Gasteiger partial charge in [0.2, 0.25) is 0 Å². The molecule has 1 heterocycles. The lowest BCUT2D eigenvalue weighted by atomic mass is 10.0. The molecule has 3 nitrogen and oxygen atoms in total. The quantitative estimate of drug-likeness (QED) is 0.807. The van der Waals surface area contributed by atoms with Gasteiger partial charge >= 0.3 is 0 Å². The van der Waals surface area contributed by atoms with Gasteiger partial charge in [-0.3, -0.25) is 4.90 Å². The fraction of sp³-hybridized carbons (Fsp3) is 0.538. The van der Waals surface area contributed by atoms with Crippen molar-refractivity contribution in [3.8, 4) is 0 Å². The number of benzene rings is 1. The minimum atomic E-state index is -0.327. The first-order valence-corrected chi connectivity index (χ1v) is 6.02. The molecule has 1 aromatic rings. The highest BCUT2D eigenvalue weighted by molar-refractivity contribution is 5.20. The third-order valence-corrected chi connectivity index (χ3v) is 3.22. The summed E-state index contributed by atoms with van der Waals surface area (Å²) in [5, 5.41) is 13.4. The van der Waals surface area contributed by atoms with Crippen molar-refractivity contribution in [3.63, 3.8) is 0 Å². The number of nitrogens with one attached hydrogen (secondary N) is 1. The fourth-order valence-corrected chi connectivity index (χ4v) is 2.30. The predicted molar refractivity (Wildman–Crippen MR) is 65.1 cm³/mol. The molecule has 3 heteroatoms. The van der Waals surface area contributed by atoms with Crippen LogP contribution in [0.3, 0.4) is 0 Å². The van der Waals surface area contributed by atoms with E-state index in [0.29, 0.717) is 6.04 Å². The summed E-state index contributed by atoms with van der Waals surface area (Å²) in [6.45, 7) is 4.81. The van der Waals surface area contributed by atoms with Crippen LogP contribution in [0.15, 0.2) is 30.3 Å². The molecule has 16 heavy (non-hydrogen) atoms. The molecule has 2 unspecified atom stereocenters. The van der Waals surface area contributed by atoms with Gasteiger partial charge in [0.15, 0.2) is 0 Å². The van der Waals surface area contributed by atoms with Crippen LogP contribution in [0.1, 0.15) is 24.9 Å². The zero-order valence-electron chi connectivity index (χ0n) is 9.76. The normalized spacial score (nSPS) is 24.2. The van der Waals surface area contributed by atoms with E-state index in [2.05, 4.69) is 34.5 Å². The summed E-state index contributed by atoms with van der Waals surface area (Å²) in [7, 11) is 0. The van der Waals surface area contributed by atoms with E-state index in [1.54, 1.807) is 0 Å². The molecular weight excluding hydrogens is 200 g/mol. The molecule has 0 saturated carbocycles. The van der Waals surface area contributed by atoms with Gasteiger partial charge in [0.1, 0.15) is 6.23 Å². The predicted octanol–water partition coefficient (Wildman–Crippen LogP) is 1.36. The number of piperazine rings is 1. The lowest BCUT2D eigenvalue weighted by molar-refractivity contribution is -0.0379. The van der Waals surface area contributed by atoms with Crippen molar-refractivity contribution in [3.05, 3.63) is 35.9 Å². The van der Waals surface area contributed by atoms with E-state index >= 15 is 0 Å². The lowest BCUT2D eigenvalue weighted by Crippen LogP contribution is -2.50. The lowest BCUT2D eigenvalue weighted by Gasteiger charge is -2.39. The summed E-state index contributed by atoms with van der Waals surface area (Å²) in [6.07, 6.45) is 0.455. The zero-order valence-corrected chi connectivity index (χ0v) is 9.76. The standard InChI is InChI=1S/C13H20N2O/c1-2-13(16)15-9-8-14-10-12(15)11-6-4-3-5-7-11/h3-7,12-14,16H,2,8-10H2,1H3. The molecule has 1 aliphatic rings. The molecule has 2 atom stereocenters. The molecule has 1 aromatic carbocycles. The third-order valence-electron chi connectivity index (χ3n) is 3.22. The highest BCUT2D eigenvalue weighted by atomic mass is 16.3. The maximum Gasteiger partial charge on any atom is 0.107 e. The zero-order chi connectivity index (χ0) is 11.4. The SMILES string of the molecule is CCC(O)N1CCNCC1c1ccccc1. The van der Waals surface area contributed by atoms with Crippen LogP contribution in [-0.2, 0) is 0 Å². The van der Waals surface area contributed by atoms with Crippen LogP contribution >= 0.6 is 0 Å². The summed E-state index contributed by atoms with van der Waals surface area (Å²) in [5.41, 5.74) is 1.28. The number of hydrogen-bond acceptors (Lipinski definition) is 3. The van der Waals surface area contributed by atoms with Crippen molar-refractivity contribution >= 4 is 0 Å². The third kappa shape index (κ3) is 2.43. The van der Waals surface area contributed by atoms with Crippen molar-refractivity contribution in [2.45, 2.75) is 25.6 Å². The van der Waals surface area contributed by atoms with Crippen molar-refractivity contribution < 1.29 is 5.11 Å². The maximum absolute atomic E-state index is 10.0. The Morgan fingerprint density at radius 2 is 2.19 bits per heavy atom. The molecule has 2 rings (SSSR count). The highest BCUT2D eigenvalue weighted by Crippen LogP contribution is 2.24. The van der Waals surface area contributed by atoms with Crippen LogP contribution in [-0.4, -0.2) is 35.9 Å². The fourth-order valence-electron chi connectivity index (χ4n) is 2.30. The Morgan fingerprint density at radius 1 is 1.44 bits per heavy atom. The van der Waals surface area contributed by atoms with Crippen LogP contribution in [0, 0.1) is 0 Å². The molecule has 0 radical (unpaired) electrons. The number of aliphatic hydroxyl groups is 1. The Bertz CT molecular complexity index is 315. The maximum atomic E-state index is 10.0. The van der Waals surface area contributed by atoms with Crippen LogP contribution < -0.4 is 5.32 Å². The summed E-state index contributed by atoms with van der Waals surface area (Å²) in [4.78, 5) is 2.19. The average molecular weight is 220 g/mol. The molecule has 0 aromatic heterocycles. The van der Waals surface area contributed by atoms with Crippen molar-refractivity contribution in [2.75, 3.05) is 19.6 Å². The van der Waals surface area contributed by atoms with Crippen LogP contribution in [0.25, 0.3) is 0 Å². The van der Waals surface area contributed by atoms with E-state index < -0.39 is 0 Å². The van der Waals surface area contributed by atoms with E-state index in [4.69, 9.17) is 0 Å². The monoisotopic (exact) mass is 220 g/mol. The van der Waals surface area contributed by atoms with Crippen LogP contribution in [0.4, 0.5) is 0 Å². The topological polar surface area (TPSA) is 35.5 Å². The molecule has 1 aliphatic heterocycles. The Kier molecular flexibility index (Phi) is 3.93. The Labute approximate surface area is 97.1 Å². The Hall–Kier alpha value is -0.900. The number of rotatable bonds is 3. The van der Waals surface area contributed by atoms with Gasteiger partial charge < -0.3 is 10.4 Å². The molecule has 88 valence electrons. The summed E-state index contributed by atoms with van der Waals surface area (Å²) < 4.78 is 0. The van der Waals surface area contributed by atoms with Gasteiger partial charge in [-0.15, -0.1) is 0 Å². The minimum Gasteiger partial charge on any atom is -0.378 e. The van der Waals surface area contributed by atoms with Gasteiger partial charge in [0.05, 0.1) is 0 Å². The second kappa shape index (κ2) is 5.43. The number of hydrogen-bond donors (Lipinski definition) is 2. The van der Waals surface area contributed by atoms with Crippen molar-refractivity contribution in [1.82, 2.24) is 10.2 Å². The van der Waals surface area contributed by atoms with Gasteiger partial charge in [-0.05, 0) is 12.0 Å². The van der Waals surface area contributed by atoms with Crippen LogP contribution in [0.2, 0.25) is 0 Å². The summed E-state index contributed by atoms with van der Waals surface area (Å²) >= 11 is 0. The largest absolute Gasteiger partial charge is 0.378 e. The molecule has 0 amide bonds. The van der Waals surface area contributed by atoms with Gasteiger partial charge in [-0.1, -0.05) is 37.3 Å². The highest BCUT2D eigenvalue weighted by Gasteiger charge is 2.27. The average Bonchev–Trinajstić information content (AvgIpc) is 2.39. The summed E-state index contributed by atoms with van der Waals surface area (Å²) in [6, 6.07) is 10.7. The van der Waals surface area contributed by atoms with E-state index in [-0.39, 0.29) is 6.23 Å². The van der Waals surface area contributed by atoms with Gasteiger partial charge in [-0.25, -0.2) is 0 Å². The van der Waals surface area contributed by atoms with E-state index in [9.17, 15) is 5.11 Å². The molecule has 0 spiro atoms. The molecule has 1 fully saturated rings. The first-order chi connectivity index (χ1) is 7.83. The van der Waals surface area contributed by atoms with Crippen molar-refractivity contribution in [1.29, 1.82) is 0 Å². The first kappa shape index (κ1) is 11.6. The van der Waals surface area contributed by atoms with Crippen molar-refractivity contribution in [2.24, 2.45) is 0 Å². The summed E-state index contributed by atoms with van der Waals surface area (Å²) in [5.74, 6) is 0. The van der Waals surface area contributed by atoms with Gasteiger partial charge in [0, 0.05) is 25.7 Å².